The van der Waals surface area contributed by atoms with Gasteiger partial charge >= 0.3 is 6.03 Å². The summed E-state index contributed by atoms with van der Waals surface area (Å²) in [5.41, 5.74) is 4.62. The number of aromatic nitrogens is 1. The number of amides is 2. The van der Waals surface area contributed by atoms with Crippen molar-refractivity contribution in [3.8, 4) is 17.2 Å². The average molecular weight is 527 g/mol. The minimum absolute atomic E-state index is 0.258. The second-order valence-electron chi connectivity index (χ2n) is 9.66. The first kappa shape index (κ1) is 26.3. The average Bonchev–Trinajstić information content (AvgIpc) is 2.97. The number of anilines is 1. The summed E-state index contributed by atoms with van der Waals surface area (Å²) in [6.07, 6.45) is 3.95. The maximum Gasteiger partial charge on any atom is 0.319 e. The molecular formula is C31H34N4O4. The van der Waals surface area contributed by atoms with Crippen LogP contribution in [0.4, 0.5) is 10.5 Å². The van der Waals surface area contributed by atoms with Gasteiger partial charge in [0.15, 0.2) is 11.5 Å². The molecular weight excluding hydrogens is 492 g/mol. The second kappa shape index (κ2) is 11.6. The van der Waals surface area contributed by atoms with Gasteiger partial charge < -0.3 is 30.2 Å². The minimum atomic E-state index is -0.434. The fraction of sp³-hybridized carbons (Fsp3) is 0.290. The van der Waals surface area contributed by atoms with Crippen LogP contribution >= 0.6 is 0 Å². The highest BCUT2D eigenvalue weighted by atomic mass is 16.5. The van der Waals surface area contributed by atoms with Crippen LogP contribution in [0.5, 0.6) is 17.2 Å². The minimum Gasteiger partial charge on any atom is -0.497 e. The Balaban J connectivity index is 1.40. The quantitative estimate of drug-likeness (QED) is 0.282. The smallest absolute Gasteiger partial charge is 0.319 e. The fourth-order valence-corrected chi connectivity index (χ4v) is 5.47. The third kappa shape index (κ3) is 5.61. The molecule has 0 fully saturated rings. The molecule has 1 aliphatic heterocycles. The third-order valence-corrected chi connectivity index (χ3v) is 7.36. The largest absolute Gasteiger partial charge is 0.497 e. The number of carbonyl (C=O) groups is 1. The number of nitrogens with one attached hydrogen (secondary N) is 3. The molecule has 0 saturated heterocycles. The van der Waals surface area contributed by atoms with Crippen LogP contribution in [-0.2, 0) is 18.4 Å². The van der Waals surface area contributed by atoms with E-state index in [1.165, 1.54) is 5.56 Å². The van der Waals surface area contributed by atoms with Crippen LogP contribution in [0.3, 0.4) is 0 Å². The summed E-state index contributed by atoms with van der Waals surface area (Å²) < 4.78 is 16.7. The topological polar surface area (TPSA) is 93.7 Å². The molecule has 39 heavy (non-hydrogen) atoms. The van der Waals surface area contributed by atoms with E-state index in [0.717, 1.165) is 52.2 Å². The number of fused-ring (bicyclic) bond motifs is 2. The van der Waals surface area contributed by atoms with Crippen molar-refractivity contribution in [3.63, 3.8) is 0 Å². The Bertz CT molecular complexity index is 1470. The van der Waals surface area contributed by atoms with Crippen LogP contribution in [0.2, 0.25) is 0 Å². The molecule has 0 bridgehead atoms. The summed E-state index contributed by atoms with van der Waals surface area (Å²) in [5, 5.41) is 10.7. The summed E-state index contributed by atoms with van der Waals surface area (Å²) in [6, 6.07) is 21.6. The first-order valence-electron chi connectivity index (χ1n) is 13.1. The zero-order chi connectivity index (χ0) is 27.2. The third-order valence-electron chi connectivity index (χ3n) is 7.36. The number of hydrogen-bond donors (Lipinski definition) is 3. The van der Waals surface area contributed by atoms with Crippen LogP contribution < -0.4 is 30.2 Å². The number of methoxy groups -OCH3 is 3. The van der Waals surface area contributed by atoms with Crippen molar-refractivity contribution in [1.82, 2.24) is 15.6 Å². The maximum atomic E-state index is 13.0. The van der Waals surface area contributed by atoms with E-state index in [1.54, 1.807) is 27.5 Å². The molecule has 0 radical (unpaired) electrons. The molecule has 0 saturated carbocycles. The van der Waals surface area contributed by atoms with Crippen LogP contribution in [0, 0.1) is 0 Å². The van der Waals surface area contributed by atoms with E-state index in [9.17, 15) is 4.79 Å². The molecule has 202 valence electrons. The molecule has 1 unspecified atom stereocenters. The molecule has 1 aromatic heterocycles. The van der Waals surface area contributed by atoms with Crippen molar-refractivity contribution in [1.29, 1.82) is 0 Å². The first-order chi connectivity index (χ1) is 19.0. The first-order valence-corrected chi connectivity index (χ1v) is 13.1. The number of para-hydroxylation sites is 1. The van der Waals surface area contributed by atoms with Gasteiger partial charge in [-0.15, -0.1) is 0 Å². The van der Waals surface area contributed by atoms with E-state index in [4.69, 9.17) is 14.2 Å². The summed E-state index contributed by atoms with van der Waals surface area (Å²) >= 11 is 0. The van der Waals surface area contributed by atoms with Gasteiger partial charge in [0.2, 0.25) is 0 Å². The summed E-state index contributed by atoms with van der Waals surface area (Å²) in [4.78, 5) is 17.3. The molecule has 4 aromatic rings. The van der Waals surface area contributed by atoms with Gasteiger partial charge in [-0.2, -0.15) is 0 Å². The number of urea groups is 1. The molecule has 8 nitrogen and oxygen atoms in total. The number of pyridine rings is 1. The Kier molecular flexibility index (Phi) is 7.84. The van der Waals surface area contributed by atoms with Gasteiger partial charge in [-0.05, 0) is 72.4 Å². The van der Waals surface area contributed by atoms with Gasteiger partial charge in [0, 0.05) is 30.2 Å². The molecule has 5 rings (SSSR count). The fourth-order valence-electron chi connectivity index (χ4n) is 5.47. The van der Waals surface area contributed by atoms with Crippen molar-refractivity contribution in [2.45, 2.75) is 24.8 Å². The monoisotopic (exact) mass is 526 g/mol. The van der Waals surface area contributed by atoms with Crippen molar-refractivity contribution in [2.24, 2.45) is 0 Å². The highest BCUT2D eigenvalue weighted by Gasteiger charge is 2.37. The Morgan fingerprint density at radius 2 is 1.79 bits per heavy atom. The van der Waals surface area contributed by atoms with Crippen molar-refractivity contribution < 1.29 is 19.0 Å². The number of carbonyl (C=O) groups excluding carboxylic acids is 1. The molecule has 1 atom stereocenters. The van der Waals surface area contributed by atoms with Crippen molar-refractivity contribution in [3.05, 3.63) is 89.6 Å². The molecule has 2 amide bonds. The van der Waals surface area contributed by atoms with Crippen molar-refractivity contribution >= 4 is 22.6 Å². The zero-order valence-corrected chi connectivity index (χ0v) is 22.5. The van der Waals surface area contributed by atoms with Crippen LogP contribution in [-0.4, -0.2) is 45.4 Å². The van der Waals surface area contributed by atoms with Crippen LogP contribution in [0.25, 0.3) is 10.9 Å². The zero-order valence-electron chi connectivity index (χ0n) is 22.5. The molecule has 8 heteroatoms. The molecule has 3 N–H and O–H groups in total. The lowest BCUT2D eigenvalue weighted by Crippen LogP contribution is -2.51. The lowest BCUT2D eigenvalue weighted by atomic mass is 9.75. The molecule has 2 heterocycles. The van der Waals surface area contributed by atoms with E-state index in [0.29, 0.717) is 25.1 Å². The van der Waals surface area contributed by atoms with Crippen LogP contribution in [0.15, 0.2) is 72.9 Å². The van der Waals surface area contributed by atoms with Gasteiger partial charge in [-0.3, -0.25) is 4.98 Å². The number of benzene rings is 3. The highest BCUT2D eigenvalue weighted by Crippen LogP contribution is 2.41. The van der Waals surface area contributed by atoms with E-state index in [2.05, 4.69) is 45.2 Å². The maximum absolute atomic E-state index is 13.0. The predicted octanol–water partition coefficient (Wildman–Crippen LogP) is 5.06. The summed E-state index contributed by atoms with van der Waals surface area (Å²) in [6.45, 7) is 1.27. The lowest BCUT2D eigenvalue weighted by molar-refractivity contribution is 0.246. The molecule has 0 aliphatic carbocycles. The predicted molar refractivity (Wildman–Crippen MR) is 153 cm³/mol. The van der Waals surface area contributed by atoms with E-state index < -0.39 is 5.54 Å². The van der Waals surface area contributed by atoms with Gasteiger partial charge in [0.1, 0.15) is 5.75 Å². The van der Waals surface area contributed by atoms with E-state index in [-0.39, 0.29) is 6.03 Å². The van der Waals surface area contributed by atoms with Crippen LogP contribution in [0.1, 0.15) is 23.1 Å². The van der Waals surface area contributed by atoms with E-state index in [1.807, 2.05) is 42.5 Å². The number of hydrogen-bond acceptors (Lipinski definition) is 6. The van der Waals surface area contributed by atoms with E-state index >= 15 is 0 Å². The number of rotatable bonds is 9. The molecule has 0 spiro atoms. The lowest BCUT2D eigenvalue weighted by Gasteiger charge is -2.41. The van der Waals surface area contributed by atoms with Crippen molar-refractivity contribution in [2.75, 3.05) is 39.7 Å². The number of ether oxygens (including phenoxy) is 3. The molecule has 1 aliphatic rings. The Hall–Kier alpha value is -4.30. The summed E-state index contributed by atoms with van der Waals surface area (Å²) in [7, 11) is 4.98. The highest BCUT2D eigenvalue weighted by molar-refractivity contribution is 6.00. The molecule has 3 aromatic carbocycles. The van der Waals surface area contributed by atoms with Gasteiger partial charge in [-0.1, -0.05) is 30.3 Å². The van der Waals surface area contributed by atoms with Gasteiger partial charge in [0.25, 0.3) is 0 Å². The second-order valence-corrected chi connectivity index (χ2v) is 9.66. The van der Waals surface area contributed by atoms with Gasteiger partial charge in [0.05, 0.1) is 32.5 Å². The Morgan fingerprint density at radius 3 is 2.62 bits per heavy atom. The Labute approximate surface area is 228 Å². The summed E-state index contributed by atoms with van der Waals surface area (Å²) in [5.74, 6) is 2.22. The standard InChI is InChI=1S/C31H34N4O4/c1-37-23-8-6-7-21(17-23)20-31(25-19-29(39-3)28(38-2)18-22(25)11-15-34-31)13-16-33-30(36)35-27-12-14-32-26-10-5-4-9-24(26)27/h4-10,12,14,17-19,34H,11,13,15-16,20H2,1-3H3,(H2,32,33,35,36). The Morgan fingerprint density at radius 1 is 0.974 bits per heavy atom. The normalized spacial score (nSPS) is 16.3. The SMILES string of the molecule is COc1cccc(CC2(CCNC(=O)Nc3ccnc4ccccc34)NCCc3cc(OC)c(OC)cc32)c1. The number of nitrogens with zero attached hydrogens (tertiary/aromatic N) is 1. The van der Waals surface area contributed by atoms with Gasteiger partial charge in [-0.25, -0.2) is 4.79 Å².